The number of nitrogens with zero attached hydrogens (tertiary/aromatic N) is 3. The molecule has 0 saturated heterocycles. The van der Waals surface area contributed by atoms with E-state index in [-0.39, 0.29) is 18.2 Å². The maximum Gasteiger partial charge on any atom is 0.174 e. The van der Waals surface area contributed by atoms with Crippen molar-refractivity contribution in [2.24, 2.45) is 0 Å². The highest BCUT2D eigenvalue weighted by atomic mass is 35.5. The molecule has 3 aromatic rings. The number of rotatable bonds is 10. The lowest BCUT2D eigenvalue weighted by molar-refractivity contribution is -0.897. The summed E-state index contributed by atoms with van der Waals surface area (Å²) in [4.78, 5) is 6.19. The summed E-state index contributed by atoms with van der Waals surface area (Å²) in [5.41, 5.74) is 1.63. The highest BCUT2D eigenvalue weighted by Gasteiger charge is 2.15. The van der Waals surface area contributed by atoms with Crippen molar-refractivity contribution in [2.45, 2.75) is 20.4 Å². The minimum absolute atomic E-state index is 0. The maximum atomic E-state index is 10.4. The van der Waals surface area contributed by atoms with Crippen LogP contribution in [0.4, 0.5) is 0 Å². The quantitative estimate of drug-likeness (QED) is 0.439. The van der Waals surface area contributed by atoms with Crippen LogP contribution in [0.15, 0.2) is 42.5 Å². The van der Waals surface area contributed by atoms with Gasteiger partial charge in [0.1, 0.15) is 5.75 Å². The van der Waals surface area contributed by atoms with Gasteiger partial charge < -0.3 is 31.9 Å². The van der Waals surface area contributed by atoms with Gasteiger partial charge in [-0.25, -0.2) is 9.67 Å². The van der Waals surface area contributed by atoms with E-state index in [0.717, 1.165) is 31.7 Å². The van der Waals surface area contributed by atoms with Crippen LogP contribution in [0.1, 0.15) is 25.2 Å². The molecule has 0 saturated carbocycles. The highest BCUT2D eigenvalue weighted by Crippen LogP contribution is 2.29. The number of hydrogen-bond donors (Lipinski definition) is 2. The van der Waals surface area contributed by atoms with E-state index in [4.69, 9.17) is 19.6 Å². The highest BCUT2D eigenvalue weighted by molar-refractivity contribution is 5.70. The van der Waals surface area contributed by atoms with Crippen LogP contribution in [0.25, 0.3) is 23.5 Å². The molecule has 0 atom stereocenters. The Hall–Kier alpha value is -3.03. The Morgan fingerprint density at radius 2 is 1.72 bits per heavy atom. The molecule has 0 amide bonds. The molecule has 0 spiro atoms. The molecule has 0 bridgehead atoms. The Balaban J connectivity index is 0.00000363. The van der Waals surface area contributed by atoms with Gasteiger partial charge in [-0.15, -0.1) is 0 Å². The van der Waals surface area contributed by atoms with E-state index in [1.165, 1.54) is 4.90 Å². The smallest absolute Gasteiger partial charge is 0.174 e. The number of benzene rings is 2. The lowest BCUT2D eigenvalue weighted by atomic mass is 10.2. The van der Waals surface area contributed by atoms with Crippen molar-refractivity contribution in [2.75, 3.05) is 33.9 Å². The third-order valence-electron chi connectivity index (χ3n) is 5.34. The van der Waals surface area contributed by atoms with Crippen LogP contribution in [0, 0.1) is 0 Å². The van der Waals surface area contributed by atoms with Gasteiger partial charge in [-0.3, -0.25) is 0 Å². The molecular formula is C24H31ClN4O3. The van der Waals surface area contributed by atoms with Gasteiger partial charge in [-0.2, -0.15) is 5.10 Å². The van der Waals surface area contributed by atoms with Crippen LogP contribution in [-0.4, -0.2) is 53.7 Å². The zero-order valence-corrected chi connectivity index (χ0v) is 19.8. The molecule has 0 aliphatic carbocycles. The fourth-order valence-electron chi connectivity index (χ4n) is 3.44. The van der Waals surface area contributed by atoms with Crippen molar-refractivity contribution in [1.29, 1.82) is 0 Å². The summed E-state index contributed by atoms with van der Waals surface area (Å²) >= 11 is 0. The van der Waals surface area contributed by atoms with E-state index in [9.17, 15) is 5.11 Å². The predicted octanol–water partition coefficient (Wildman–Crippen LogP) is -0.233. The number of methoxy groups -OCH3 is 2. The minimum Gasteiger partial charge on any atom is -1.00 e. The van der Waals surface area contributed by atoms with Crippen molar-refractivity contribution in [1.82, 2.24) is 14.8 Å². The SMILES string of the molecule is CC[NH+](CC)CCn1nc(/C=C/c2ccc(OC)c(OC)c2)nc1-c1ccccc1O.[Cl-]. The number of ether oxygens (including phenoxy) is 2. The number of para-hydroxylation sites is 1. The molecular weight excluding hydrogens is 428 g/mol. The summed E-state index contributed by atoms with van der Waals surface area (Å²) in [5, 5.41) is 15.1. The topological polar surface area (TPSA) is 73.8 Å². The standard InChI is InChI=1S/C24H30N4O3.ClH/c1-5-27(6-2)15-16-28-24(19-9-7-8-10-20(19)29)25-23(26-28)14-12-18-11-13-21(30-3)22(17-18)31-4;/h7-14,17,29H,5-6,15-16H2,1-4H3;1H/b14-12+;. The number of aromatic nitrogens is 3. The van der Waals surface area contributed by atoms with E-state index < -0.39 is 0 Å². The zero-order valence-electron chi connectivity index (χ0n) is 19.0. The lowest BCUT2D eigenvalue weighted by Crippen LogP contribution is -3.11. The molecule has 0 fully saturated rings. The number of quaternary nitrogens is 1. The van der Waals surface area contributed by atoms with Crippen LogP contribution < -0.4 is 26.8 Å². The molecule has 2 N–H and O–H groups in total. The van der Waals surface area contributed by atoms with Crippen molar-refractivity contribution in [3.8, 4) is 28.6 Å². The molecule has 3 rings (SSSR count). The van der Waals surface area contributed by atoms with Gasteiger partial charge in [0.25, 0.3) is 0 Å². The van der Waals surface area contributed by atoms with Gasteiger partial charge >= 0.3 is 0 Å². The molecule has 172 valence electrons. The van der Waals surface area contributed by atoms with Crippen LogP contribution >= 0.6 is 0 Å². The van der Waals surface area contributed by atoms with Crippen LogP contribution in [0.5, 0.6) is 17.2 Å². The second-order valence-corrected chi connectivity index (χ2v) is 7.19. The Bertz CT molecular complexity index is 1030. The number of hydrogen-bond acceptors (Lipinski definition) is 5. The first-order valence-corrected chi connectivity index (χ1v) is 10.6. The Morgan fingerprint density at radius 3 is 2.38 bits per heavy atom. The third-order valence-corrected chi connectivity index (χ3v) is 5.34. The molecule has 1 heterocycles. The Kier molecular flexibility index (Phi) is 9.56. The molecule has 32 heavy (non-hydrogen) atoms. The van der Waals surface area contributed by atoms with Gasteiger partial charge in [-0.1, -0.05) is 24.3 Å². The predicted molar refractivity (Wildman–Crippen MR) is 123 cm³/mol. The second kappa shape index (κ2) is 12.1. The molecule has 0 aliphatic rings. The van der Waals surface area contributed by atoms with E-state index >= 15 is 0 Å². The van der Waals surface area contributed by atoms with Gasteiger partial charge in [0.15, 0.2) is 23.1 Å². The fraction of sp³-hybridized carbons (Fsp3) is 0.333. The third kappa shape index (κ3) is 6.02. The largest absolute Gasteiger partial charge is 1.00 e. The molecule has 0 radical (unpaired) electrons. The minimum atomic E-state index is 0. The number of nitrogens with one attached hydrogen (secondary N) is 1. The van der Waals surface area contributed by atoms with Crippen molar-refractivity contribution in [3.05, 3.63) is 53.9 Å². The van der Waals surface area contributed by atoms with Crippen LogP contribution in [0.2, 0.25) is 0 Å². The number of aromatic hydroxyl groups is 1. The summed E-state index contributed by atoms with van der Waals surface area (Å²) in [6, 6.07) is 12.9. The first-order chi connectivity index (χ1) is 15.1. The van der Waals surface area contributed by atoms with Crippen LogP contribution in [-0.2, 0) is 6.54 Å². The van der Waals surface area contributed by atoms with E-state index in [1.54, 1.807) is 26.4 Å². The molecule has 7 nitrogen and oxygen atoms in total. The van der Waals surface area contributed by atoms with E-state index in [0.29, 0.717) is 28.7 Å². The number of phenolic OH excluding ortho intramolecular Hbond substituents is 1. The first-order valence-electron chi connectivity index (χ1n) is 10.6. The fourth-order valence-corrected chi connectivity index (χ4v) is 3.44. The van der Waals surface area contributed by atoms with Crippen molar-refractivity contribution in [3.63, 3.8) is 0 Å². The number of phenols is 1. The van der Waals surface area contributed by atoms with Gasteiger partial charge in [-0.05, 0) is 49.8 Å². The number of halogens is 1. The lowest BCUT2D eigenvalue weighted by Gasteiger charge is -2.15. The average Bonchev–Trinajstić information content (AvgIpc) is 3.21. The maximum absolute atomic E-state index is 10.4. The molecule has 0 aliphatic heterocycles. The van der Waals surface area contributed by atoms with E-state index in [2.05, 4.69) is 13.8 Å². The van der Waals surface area contributed by atoms with Gasteiger partial charge in [0.2, 0.25) is 0 Å². The second-order valence-electron chi connectivity index (χ2n) is 7.19. The summed E-state index contributed by atoms with van der Waals surface area (Å²) in [6.45, 7) is 8.14. The molecule has 2 aromatic carbocycles. The molecule has 1 aromatic heterocycles. The zero-order chi connectivity index (χ0) is 22.2. The van der Waals surface area contributed by atoms with Crippen LogP contribution in [0.3, 0.4) is 0 Å². The Morgan fingerprint density at radius 1 is 1.00 bits per heavy atom. The normalized spacial score (nSPS) is 11.0. The Labute approximate surface area is 195 Å². The summed E-state index contributed by atoms with van der Waals surface area (Å²) in [5.74, 6) is 2.80. The molecule has 0 unspecified atom stereocenters. The molecule has 8 heteroatoms. The van der Waals surface area contributed by atoms with Gasteiger partial charge in [0, 0.05) is 0 Å². The summed E-state index contributed by atoms with van der Waals surface area (Å²) < 4.78 is 12.6. The summed E-state index contributed by atoms with van der Waals surface area (Å²) in [6.07, 6.45) is 3.80. The van der Waals surface area contributed by atoms with Crippen molar-refractivity contribution < 1.29 is 31.9 Å². The summed E-state index contributed by atoms with van der Waals surface area (Å²) in [7, 11) is 3.23. The van der Waals surface area contributed by atoms with E-state index in [1.807, 2.05) is 47.2 Å². The van der Waals surface area contributed by atoms with Crippen molar-refractivity contribution >= 4 is 12.2 Å². The first kappa shape index (κ1) is 25.2. The van der Waals surface area contributed by atoms with Gasteiger partial charge in [0.05, 0.1) is 46.0 Å². The average molecular weight is 459 g/mol. The monoisotopic (exact) mass is 458 g/mol. The number of likely N-dealkylation sites (N-methyl/N-ethyl adjacent to an activating group) is 1.